The fraction of sp³-hybridized carbons (Fsp3) is 0.435. The van der Waals surface area contributed by atoms with Crippen LogP contribution in [-0.2, 0) is 24.8 Å². The fourth-order valence-electron chi connectivity index (χ4n) is 3.45. The van der Waals surface area contributed by atoms with Crippen molar-refractivity contribution in [2.24, 2.45) is 0 Å². The number of ether oxygens (including phenoxy) is 1. The minimum Gasteiger partial charge on any atom is -0.444 e. The SMILES string of the molecule is Cc1ccc(S(=O)(=O)Nc2cccc(S(=O)(=O)NC3CCN(C(=O)OC(C)(C)C)CC3)c2)cc1. The molecule has 0 bridgehead atoms. The van der Waals surface area contributed by atoms with Gasteiger partial charge in [0.05, 0.1) is 15.5 Å². The molecule has 11 heteroatoms. The van der Waals surface area contributed by atoms with Crippen LogP contribution in [0.2, 0.25) is 0 Å². The van der Waals surface area contributed by atoms with Gasteiger partial charge in [0.2, 0.25) is 10.0 Å². The van der Waals surface area contributed by atoms with Gasteiger partial charge in [0.25, 0.3) is 10.0 Å². The quantitative estimate of drug-likeness (QED) is 0.615. The Morgan fingerprint density at radius 1 is 0.941 bits per heavy atom. The van der Waals surface area contributed by atoms with E-state index in [9.17, 15) is 21.6 Å². The maximum absolute atomic E-state index is 12.9. The van der Waals surface area contributed by atoms with Crippen LogP contribution >= 0.6 is 0 Å². The summed E-state index contributed by atoms with van der Waals surface area (Å²) in [5.74, 6) is 0. The third kappa shape index (κ3) is 6.94. The Hall–Kier alpha value is -2.63. The largest absolute Gasteiger partial charge is 0.444 e. The van der Waals surface area contributed by atoms with Crippen LogP contribution in [0.1, 0.15) is 39.2 Å². The lowest BCUT2D eigenvalue weighted by molar-refractivity contribution is 0.0203. The molecule has 34 heavy (non-hydrogen) atoms. The number of likely N-dealkylation sites (tertiary alicyclic amines) is 1. The normalized spacial score (nSPS) is 15.7. The van der Waals surface area contributed by atoms with Crippen LogP contribution in [0.25, 0.3) is 0 Å². The molecule has 1 aliphatic heterocycles. The van der Waals surface area contributed by atoms with E-state index >= 15 is 0 Å². The van der Waals surface area contributed by atoms with E-state index in [0.29, 0.717) is 25.9 Å². The van der Waals surface area contributed by atoms with Gasteiger partial charge in [-0.3, -0.25) is 4.72 Å². The molecule has 0 radical (unpaired) electrons. The van der Waals surface area contributed by atoms with Crippen molar-refractivity contribution in [2.75, 3.05) is 17.8 Å². The first kappa shape index (κ1) is 26.0. The summed E-state index contributed by atoms with van der Waals surface area (Å²) in [7, 11) is -7.76. The lowest BCUT2D eigenvalue weighted by Crippen LogP contribution is -2.47. The molecular formula is C23H31N3O6S2. The number of rotatable bonds is 6. The predicted octanol–water partition coefficient (Wildman–Crippen LogP) is 3.47. The first-order valence-corrected chi connectivity index (χ1v) is 13.9. The van der Waals surface area contributed by atoms with Crippen molar-refractivity contribution in [3.63, 3.8) is 0 Å². The molecule has 186 valence electrons. The molecule has 1 saturated heterocycles. The smallest absolute Gasteiger partial charge is 0.410 e. The van der Waals surface area contributed by atoms with Crippen LogP contribution in [0, 0.1) is 6.92 Å². The summed E-state index contributed by atoms with van der Waals surface area (Å²) in [5, 5.41) is 0. The Labute approximate surface area is 201 Å². The first-order chi connectivity index (χ1) is 15.7. The topological polar surface area (TPSA) is 122 Å². The Morgan fingerprint density at radius 2 is 1.56 bits per heavy atom. The Balaban J connectivity index is 1.65. The molecule has 3 rings (SSSR count). The highest BCUT2D eigenvalue weighted by Gasteiger charge is 2.29. The molecule has 2 aromatic carbocycles. The molecule has 2 N–H and O–H groups in total. The zero-order valence-corrected chi connectivity index (χ0v) is 21.4. The number of anilines is 1. The Kier molecular flexibility index (Phi) is 7.59. The molecular weight excluding hydrogens is 478 g/mol. The van der Waals surface area contributed by atoms with Crippen molar-refractivity contribution in [3.8, 4) is 0 Å². The number of nitrogens with zero attached hydrogens (tertiary/aromatic N) is 1. The minimum absolute atomic E-state index is 0.0498. The average molecular weight is 510 g/mol. The van der Waals surface area contributed by atoms with Gasteiger partial charge in [0.1, 0.15) is 5.60 Å². The molecule has 1 aliphatic rings. The zero-order valence-electron chi connectivity index (χ0n) is 19.7. The van der Waals surface area contributed by atoms with Gasteiger partial charge in [-0.2, -0.15) is 0 Å². The number of hydrogen-bond donors (Lipinski definition) is 2. The third-order valence-corrected chi connectivity index (χ3v) is 8.11. The van der Waals surface area contributed by atoms with E-state index in [1.165, 1.54) is 36.4 Å². The maximum atomic E-state index is 12.9. The number of sulfonamides is 2. The summed E-state index contributed by atoms with van der Waals surface area (Å²) in [4.78, 5) is 13.8. The van der Waals surface area contributed by atoms with Crippen molar-refractivity contribution < 1.29 is 26.4 Å². The molecule has 1 amide bonds. The summed E-state index contributed by atoms with van der Waals surface area (Å²) in [5.41, 5.74) is 0.472. The lowest BCUT2D eigenvalue weighted by Gasteiger charge is -2.33. The third-order valence-electron chi connectivity index (χ3n) is 5.20. The molecule has 2 aromatic rings. The van der Waals surface area contributed by atoms with E-state index in [-0.39, 0.29) is 21.5 Å². The van der Waals surface area contributed by atoms with E-state index in [0.717, 1.165) is 5.56 Å². The molecule has 9 nitrogen and oxygen atoms in total. The Morgan fingerprint density at radius 3 is 2.15 bits per heavy atom. The van der Waals surface area contributed by atoms with Crippen molar-refractivity contribution in [1.82, 2.24) is 9.62 Å². The van der Waals surface area contributed by atoms with Crippen LogP contribution < -0.4 is 9.44 Å². The molecule has 0 saturated carbocycles. The molecule has 0 spiro atoms. The molecule has 0 unspecified atom stereocenters. The summed E-state index contributed by atoms with van der Waals surface area (Å²) in [6.45, 7) is 7.98. The van der Waals surface area contributed by atoms with Gasteiger partial charge in [-0.05, 0) is 70.9 Å². The highest BCUT2D eigenvalue weighted by Crippen LogP contribution is 2.22. The van der Waals surface area contributed by atoms with Gasteiger partial charge >= 0.3 is 6.09 Å². The number of carbonyl (C=O) groups is 1. The molecule has 0 aliphatic carbocycles. The van der Waals surface area contributed by atoms with E-state index < -0.39 is 31.7 Å². The van der Waals surface area contributed by atoms with Gasteiger partial charge in [-0.15, -0.1) is 0 Å². The van der Waals surface area contributed by atoms with E-state index in [2.05, 4.69) is 9.44 Å². The number of amides is 1. The van der Waals surface area contributed by atoms with Gasteiger partial charge in [-0.25, -0.2) is 26.4 Å². The fourth-order valence-corrected chi connectivity index (χ4v) is 5.85. The second-order valence-electron chi connectivity index (χ2n) is 9.31. The number of aryl methyl sites for hydroxylation is 1. The summed E-state index contributed by atoms with van der Waals surface area (Å²) in [6, 6.07) is 11.7. The van der Waals surface area contributed by atoms with Crippen molar-refractivity contribution >= 4 is 31.8 Å². The number of benzene rings is 2. The van der Waals surface area contributed by atoms with Gasteiger partial charge in [-0.1, -0.05) is 23.8 Å². The van der Waals surface area contributed by atoms with Crippen molar-refractivity contribution in [3.05, 3.63) is 54.1 Å². The van der Waals surface area contributed by atoms with Gasteiger partial charge in [0, 0.05) is 19.1 Å². The number of nitrogens with one attached hydrogen (secondary N) is 2. The first-order valence-electron chi connectivity index (χ1n) is 10.9. The monoisotopic (exact) mass is 509 g/mol. The summed E-state index contributed by atoms with van der Waals surface area (Å²) < 4.78 is 61.6. The van der Waals surface area contributed by atoms with E-state index in [1.807, 2.05) is 6.92 Å². The van der Waals surface area contributed by atoms with Gasteiger partial charge in [0.15, 0.2) is 0 Å². The van der Waals surface area contributed by atoms with Crippen LogP contribution in [-0.4, -0.2) is 52.6 Å². The van der Waals surface area contributed by atoms with Crippen LogP contribution in [0.5, 0.6) is 0 Å². The average Bonchev–Trinajstić information content (AvgIpc) is 2.73. The molecule has 1 fully saturated rings. The number of piperidine rings is 1. The maximum Gasteiger partial charge on any atom is 0.410 e. The standard InChI is InChI=1S/C23H31N3O6S2/c1-17-8-10-20(11-9-17)33(28,29)25-19-6-5-7-21(16-19)34(30,31)24-18-12-14-26(15-13-18)22(27)32-23(2,3)4/h5-11,16,18,24-25H,12-15H2,1-4H3. The highest BCUT2D eigenvalue weighted by atomic mass is 32.2. The second kappa shape index (κ2) is 9.93. The number of carbonyl (C=O) groups excluding carboxylic acids is 1. The highest BCUT2D eigenvalue weighted by molar-refractivity contribution is 7.92. The zero-order chi connectivity index (χ0) is 25.1. The summed E-state index contributed by atoms with van der Waals surface area (Å²) >= 11 is 0. The van der Waals surface area contributed by atoms with E-state index in [1.54, 1.807) is 37.8 Å². The van der Waals surface area contributed by atoms with E-state index in [4.69, 9.17) is 4.74 Å². The molecule has 0 atom stereocenters. The number of hydrogen-bond acceptors (Lipinski definition) is 6. The summed E-state index contributed by atoms with van der Waals surface area (Å²) in [6.07, 6.45) is 0.471. The second-order valence-corrected chi connectivity index (χ2v) is 12.7. The Bertz CT molecular complexity index is 1230. The molecule has 0 aromatic heterocycles. The molecule has 1 heterocycles. The van der Waals surface area contributed by atoms with Crippen LogP contribution in [0.3, 0.4) is 0 Å². The van der Waals surface area contributed by atoms with Crippen molar-refractivity contribution in [1.29, 1.82) is 0 Å². The minimum atomic E-state index is -3.89. The van der Waals surface area contributed by atoms with Crippen molar-refractivity contribution in [2.45, 2.75) is 62.0 Å². The van der Waals surface area contributed by atoms with Gasteiger partial charge < -0.3 is 9.64 Å². The van der Waals surface area contributed by atoms with Crippen LogP contribution in [0.4, 0.5) is 10.5 Å². The predicted molar refractivity (Wildman–Crippen MR) is 130 cm³/mol. The lowest BCUT2D eigenvalue weighted by atomic mass is 10.1. The van der Waals surface area contributed by atoms with Crippen LogP contribution in [0.15, 0.2) is 58.3 Å².